The molecule has 0 saturated heterocycles. The van der Waals surface area contributed by atoms with Crippen molar-refractivity contribution in [3.63, 3.8) is 0 Å². The molecule has 4 nitrogen and oxygen atoms in total. The van der Waals surface area contributed by atoms with Gasteiger partial charge in [0.1, 0.15) is 18.1 Å². The van der Waals surface area contributed by atoms with Gasteiger partial charge < -0.3 is 14.6 Å². The van der Waals surface area contributed by atoms with Crippen molar-refractivity contribution in [3.8, 4) is 11.5 Å². The van der Waals surface area contributed by atoms with E-state index in [0.29, 0.717) is 23.7 Å². The third-order valence-corrected chi connectivity index (χ3v) is 5.56. The molecule has 31 heavy (non-hydrogen) atoms. The summed E-state index contributed by atoms with van der Waals surface area (Å²) in [5.74, 6) is 0.565. The van der Waals surface area contributed by atoms with Gasteiger partial charge in [-0.3, -0.25) is 0 Å². The number of alkyl halides is 3. The fourth-order valence-corrected chi connectivity index (χ4v) is 3.72. The number of carboxylic acid groups (broad SMARTS) is 1. The lowest BCUT2D eigenvalue weighted by Gasteiger charge is -2.14. The third-order valence-electron chi connectivity index (χ3n) is 4.48. The number of thioether (sulfide) groups is 1. The minimum Gasteiger partial charge on any atom is -0.489 e. The Hall–Kier alpha value is -2.61. The molecular formula is C23H25F3O4S. The number of allylic oxidation sites excluding steroid dienone is 1. The molecule has 0 aromatic heterocycles. The second-order valence-corrected chi connectivity index (χ2v) is 8.06. The second-order valence-electron chi connectivity index (χ2n) is 7.01. The van der Waals surface area contributed by atoms with Crippen LogP contribution >= 0.6 is 11.8 Å². The molecule has 0 fully saturated rings. The predicted octanol–water partition coefficient (Wildman–Crippen LogP) is 6.24. The third kappa shape index (κ3) is 7.86. The highest BCUT2D eigenvalue weighted by Crippen LogP contribution is 2.31. The summed E-state index contributed by atoms with van der Waals surface area (Å²) < 4.78 is 49.0. The van der Waals surface area contributed by atoms with Crippen LogP contribution in [-0.2, 0) is 17.4 Å². The molecule has 1 N–H and O–H groups in total. The van der Waals surface area contributed by atoms with Gasteiger partial charge in [0, 0.05) is 10.6 Å². The first-order chi connectivity index (χ1) is 14.6. The molecule has 0 unspecified atom stereocenters. The Bertz CT molecular complexity index is 917. The van der Waals surface area contributed by atoms with Crippen molar-refractivity contribution < 1.29 is 32.5 Å². The number of carboxylic acids is 1. The molecule has 8 heteroatoms. The summed E-state index contributed by atoms with van der Waals surface area (Å²) >= 11 is 1.60. The minimum absolute atomic E-state index is 0.279. The molecule has 0 radical (unpaired) electrons. The zero-order chi connectivity index (χ0) is 23.0. The summed E-state index contributed by atoms with van der Waals surface area (Å²) in [5.41, 5.74) is 2.33. The largest absolute Gasteiger partial charge is 0.489 e. The van der Waals surface area contributed by atoms with Gasteiger partial charge >= 0.3 is 12.1 Å². The SMILES string of the molecule is CCc1cc(SCC(COc2ccc(C(F)(F)F)cc2)=C(C)C)ccc1OCC(=O)O. The van der Waals surface area contributed by atoms with E-state index < -0.39 is 17.7 Å². The van der Waals surface area contributed by atoms with Gasteiger partial charge in [-0.25, -0.2) is 4.79 Å². The fraction of sp³-hybridized carbons (Fsp3) is 0.348. The first-order valence-corrected chi connectivity index (χ1v) is 10.6. The summed E-state index contributed by atoms with van der Waals surface area (Å²) in [4.78, 5) is 11.7. The molecule has 0 atom stereocenters. The van der Waals surface area contributed by atoms with Gasteiger partial charge in [0.2, 0.25) is 0 Å². The number of rotatable bonds is 10. The standard InChI is InChI=1S/C23H25F3O4S/c1-4-16-11-20(9-10-21(16)30-13-22(27)28)31-14-17(15(2)3)12-29-19-7-5-18(6-8-19)23(24,25)26/h5-11H,4,12-14H2,1-3H3,(H,27,28). The summed E-state index contributed by atoms with van der Waals surface area (Å²) in [5, 5.41) is 8.78. The van der Waals surface area contributed by atoms with Gasteiger partial charge in [0.25, 0.3) is 0 Å². The molecule has 2 aromatic rings. The van der Waals surface area contributed by atoms with Crippen LogP contribution in [0.15, 0.2) is 58.5 Å². The summed E-state index contributed by atoms with van der Waals surface area (Å²) in [6.45, 7) is 5.79. The zero-order valence-electron chi connectivity index (χ0n) is 17.6. The zero-order valence-corrected chi connectivity index (χ0v) is 18.4. The van der Waals surface area contributed by atoms with E-state index in [4.69, 9.17) is 14.6 Å². The van der Waals surface area contributed by atoms with E-state index in [-0.39, 0.29) is 13.2 Å². The molecule has 2 aromatic carbocycles. The highest BCUT2D eigenvalue weighted by molar-refractivity contribution is 7.99. The van der Waals surface area contributed by atoms with Crippen LogP contribution in [0.5, 0.6) is 11.5 Å². The highest BCUT2D eigenvalue weighted by atomic mass is 32.2. The van der Waals surface area contributed by atoms with E-state index in [0.717, 1.165) is 33.7 Å². The monoisotopic (exact) mass is 454 g/mol. The van der Waals surface area contributed by atoms with Crippen molar-refractivity contribution in [2.24, 2.45) is 0 Å². The first-order valence-electron chi connectivity index (χ1n) is 9.65. The number of hydrogen-bond donors (Lipinski definition) is 1. The lowest BCUT2D eigenvalue weighted by molar-refractivity contribution is -0.139. The van der Waals surface area contributed by atoms with Gasteiger partial charge in [-0.1, -0.05) is 12.5 Å². The van der Waals surface area contributed by atoms with E-state index in [1.807, 2.05) is 32.9 Å². The molecule has 0 heterocycles. The summed E-state index contributed by atoms with van der Waals surface area (Å²) in [6, 6.07) is 10.3. The number of carbonyl (C=O) groups is 1. The van der Waals surface area contributed by atoms with E-state index in [2.05, 4.69) is 0 Å². The number of aliphatic carboxylic acids is 1. The average molecular weight is 455 g/mol. The van der Waals surface area contributed by atoms with Gasteiger partial charge in [-0.2, -0.15) is 13.2 Å². The number of aryl methyl sites for hydroxylation is 1. The Balaban J connectivity index is 1.98. The lowest BCUT2D eigenvalue weighted by atomic mass is 10.1. The first kappa shape index (κ1) is 24.7. The van der Waals surface area contributed by atoms with Gasteiger partial charge in [-0.05, 0) is 73.9 Å². The molecule has 0 amide bonds. The van der Waals surface area contributed by atoms with Crippen molar-refractivity contribution in [2.75, 3.05) is 19.0 Å². The van der Waals surface area contributed by atoms with Crippen LogP contribution in [0, 0.1) is 0 Å². The van der Waals surface area contributed by atoms with Crippen LogP contribution in [0.25, 0.3) is 0 Å². The molecule has 2 rings (SSSR count). The quantitative estimate of drug-likeness (QED) is 0.340. The van der Waals surface area contributed by atoms with Crippen LogP contribution in [0.1, 0.15) is 31.9 Å². The minimum atomic E-state index is -4.37. The van der Waals surface area contributed by atoms with Crippen molar-refractivity contribution >= 4 is 17.7 Å². The van der Waals surface area contributed by atoms with E-state index in [1.165, 1.54) is 12.1 Å². The lowest BCUT2D eigenvalue weighted by Crippen LogP contribution is -2.10. The van der Waals surface area contributed by atoms with Crippen LogP contribution in [-0.4, -0.2) is 30.0 Å². The normalized spacial score (nSPS) is 11.2. The van der Waals surface area contributed by atoms with Crippen LogP contribution < -0.4 is 9.47 Å². The van der Waals surface area contributed by atoms with Crippen LogP contribution in [0.2, 0.25) is 0 Å². The van der Waals surface area contributed by atoms with Crippen LogP contribution in [0.3, 0.4) is 0 Å². The Labute approximate surface area is 184 Å². The Morgan fingerprint density at radius 3 is 2.26 bits per heavy atom. The Morgan fingerprint density at radius 2 is 1.71 bits per heavy atom. The van der Waals surface area contributed by atoms with E-state index in [1.54, 1.807) is 17.8 Å². The second kappa shape index (κ2) is 11.1. The molecule has 0 saturated carbocycles. The molecule has 0 bridgehead atoms. The average Bonchev–Trinajstić information content (AvgIpc) is 2.71. The number of hydrogen-bond acceptors (Lipinski definition) is 4. The van der Waals surface area contributed by atoms with Gasteiger partial charge in [0.15, 0.2) is 6.61 Å². The molecule has 0 aliphatic rings. The smallest absolute Gasteiger partial charge is 0.416 e. The topological polar surface area (TPSA) is 55.8 Å². The number of ether oxygens (including phenoxy) is 2. The molecular weight excluding hydrogens is 429 g/mol. The summed E-state index contributed by atoms with van der Waals surface area (Å²) in [6.07, 6.45) is -3.66. The maximum Gasteiger partial charge on any atom is 0.416 e. The number of halogens is 3. The van der Waals surface area contributed by atoms with Crippen molar-refractivity contribution in [1.29, 1.82) is 0 Å². The van der Waals surface area contributed by atoms with E-state index >= 15 is 0 Å². The Kier molecular flexibility index (Phi) is 8.86. The maximum absolute atomic E-state index is 12.7. The highest BCUT2D eigenvalue weighted by Gasteiger charge is 2.30. The van der Waals surface area contributed by atoms with Crippen LogP contribution in [0.4, 0.5) is 13.2 Å². The van der Waals surface area contributed by atoms with Gasteiger partial charge in [0.05, 0.1) is 5.56 Å². The van der Waals surface area contributed by atoms with Crippen molar-refractivity contribution in [1.82, 2.24) is 0 Å². The number of benzene rings is 2. The van der Waals surface area contributed by atoms with E-state index in [9.17, 15) is 18.0 Å². The molecule has 0 spiro atoms. The molecule has 0 aliphatic carbocycles. The molecule has 0 aliphatic heterocycles. The predicted molar refractivity (Wildman–Crippen MR) is 115 cm³/mol. The van der Waals surface area contributed by atoms with Crippen molar-refractivity contribution in [3.05, 3.63) is 64.7 Å². The Morgan fingerprint density at radius 1 is 1.03 bits per heavy atom. The summed E-state index contributed by atoms with van der Waals surface area (Å²) in [7, 11) is 0. The molecule has 168 valence electrons. The maximum atomic E-state index is 12.7. The van der Waals surface area contributed by atoms with Gasteiger partial charge in [-0.15, -0.1) is 11.8 Å². The van der Waals surface area contributed by atoms with Crippen molar-refractivity contribution in [2.45, 2.75) is 38.3 Å². The fourth-order valence-electron chi connectivity index (χ4n) is 2.61.